The van der Waals surface area contributed by atoms with E-state index in [2.05, 4.69) is 48.9 Å². The number of imidazole rings is 1. The molecule has 0 aliphatic heterocycles. The van der Waals surface area contributed by atoms with E-state index < -0.39 is 0 Å². The van der Waals surface area contributed by atoms with Gasteiger partial charge in [-0.25, -0.2) is 4.98 Å². The van der Waals surface area contributed by atoms with Gasteiger partial charge in [0.15, 0.2) is 0 Å². The van der Waals surface area contributed by atoms with Gasteiger partial charge in [-0.3, -0.25) is 0 Å². The quantitative estimate of drug-likeness (QED) is 0.792. The lowest BCUT2D eigenvalue weighted by Gasteiger charge is -1.96. The highest BCUT2D eigenvalue weighted by Crippen LogP contribution is 2.18. The van der Waals surface area contributed by atoms with Crippen LogP contribution in [0.5, 0.6) is 0 Å². The maximum Gasteiger partial charge on any atom is 0.109 e. The van der Waals surface area contributed by atoms with Gasteiger partial charge in [-0.2, -0.15) is 0 Å². The molecule has 1 aromatic heterocycles. The second-order valence-electron chi connectivity index (χ2n) is 3.98. The summed E-state index contributed by atoms with van der Waals surface area (Å²) in [5.41, 5.74) is 3.59. The molecule has 0 saturated carbocycles. The molecular weight excluding hydrogens is 196 g/mol. The topological polar surface area (TPSA) is 28.7 Å². The van der Waals surface area contributed by atoms with E-state index in [1.165, 1.54) is 5.56 Å². The van der Waals surface area contributed by atoms with Crippen LogP contribution in [0.2, 0.25) is 0 Å². The van der Waals surface area contributed by atoms with E-state index in [0.717, 1.165) is 23.3 Å². The largest absolute Gasteiger partial charge is 0.342 e. The number of rotatable bonds is 2. The van der Waals surface area contributed by atoms with Gasteiger partial charge in [0.05, 0.1) is 11.0 Å². The van der Waals surface area contributed by atoms with Crippen LogP contribution in [0.4, 0.5) is 0 Å². The van der Waals surface area contributed by atoms with Crippen LogP contribution < -0.4 is 0 Å². The van der Waals surface area contributed by atoms with Crippen molar-refractivity contribution in [3.63, 3.8) is 0 Å². The van der Waals surface area contributed by atoms with Gasteiger partial charge in [-0.05, 0) is 24.1 Å². The number of aryl methyl sites for hydroxylation is 1. The van der Waals surface area contributed by atoms with E-state index in [4.69, 9.17) is 0 Å². The molecular formula is C14H24N2. The molecule has 0 fully saturated rings. The summed E-state index contributed by atoms with van der Waals surface area (Å²) in [6.07, 6.45) is 1.08. The van der Waals surface area contributed by atoms with Crippen molar-refractivity contribution in [1.82, 2.24) is 9.97 Å². The monoisotopic (exact) mass is 220 g/mol. The van der Waals surface area contributed by atoms with Crippen LogP contribution in [0.3, 0.4) is 0 Å². The predicted octanol–water partition coefficient (Wildman–Crippen LogP) is 4.52. The maximum atomic E-state index is 4.53. The van der Waals surface area contributed by atoms with E-state index in [1.807, 2.05) is 13.8 Å². The van der Waals surface area contributed by atoms with Crippen molar-refractivity contribution in [3.8, 4) is 0 Å². The van der Waals surface area contributed by atoms with Crippen molar-refractivity contribution in [2.24, 2.45) is 0 Å². The van der Waals surface area contributed by atoms with Crippen LogP contribution in [-0.2, 0) is 6.42 Å². The zero-order chi connectivity index (χ0) is 12.1. The third kappa shape index (κ3) is 2.63. The Hall–Kier alpha value is -1.31. The summed E-state index contributed by atoms with van der Waals surface area (Å²) in [5.74, 6) is 1.54. The number of hydrogen-bond acceptors (Lipinski definition) is 1. The Bertz CT molecular complexity index is 446. The Morgan fingerprint density at radius 2 is 2.00 bits per heavy atom. The Labute approximate surface area is 99.6 Å². The van der Waals surface area contributed by atoms with Crippen molar-refractivity contribution in [1.29, 1.82) is 0 Å². The molecule has 0 bridgehead atoms. The molecule has 0 amide bonds. The first-order valence-corrected chi connectivity index (χ1v) is 6.19. The fourth-order valence-corrected chi connectivity index (χ4v) is 1.57. The molecule has 0 spiro atoms. The number of nitrogens with one attached hydrogen (secondary N) is 1. The molecule has 2 rings (SSSR count). The minimum Gasteiger partial charge on any atom is -0.342 e. The van der Waals surface area contributed by atoms with Crippen molar-refractivity contribution < 1.29 is 1.43 Å². The molecule has 0 aliphatic rings. The second kappa shape index (κ2) is 5.69. The summed E-state index contributed by atoms with van der Waals surface area (Å²) in [5, 5.41) is 0. The van der Waals surface area contributed by atoms with E-state index in [-0.39, 0.29) is 1.43 Å². The molecule has 16 heavy (non-hydrogen) atoms. The van der Waals surface area contributed by atoms with Gasteiger partial charge in [-0.1, -0.05) is 40.7 Å². The minimum atomic E-state index is 0. The van der Waals surface area contributed by atoms with Gasteiger partial charge in [0.25, 0.3) is 0 Å². The van der Waals surface area contributed by atoms with Crippen molar-refractivity contribution in [2.75, 3.05) is 0 Å². The molecule has 0 unspecified atom stereocenters. The molecule has 2 nitrogen and oxygen atoms in total. The highest BCUT2D eigenvalue weighted by molar-refractivity contribution is 5.75. The molecule has 1 heterocycles. The van der Waals surface area contributed by atoms with E-state index >= 15 is 0 Å². The SMILES string of the molecule is CC.CCc1ccc2nc(C(C)C)[nH]c2c1.[HH]. The second-order valence-corrected chi connectivity index (χ2v) is 3.98. The number of benzene rings is 1. The summed E-state index contributed by atoms with van der Waals surface area (Å²) in [6, 6.07) is 6.43. The smallest absolute Gasteiger partial charge is 0.109 e. The zero-order valence-electron chi connectivity index (χ0n) is 11.0. The van der Waals surface area contributed by atoms with Crippen LogP contribution in [0, 0.1) is 0 Å². The van der Waals surface area contributed by atoms with Crippen molar-refractivity contribution in [2.45, 2.75) is 47.0 Å². The number of aromatic nitrogens is 2. The third-order valence-electron chi connectivity index (χ3n) is 2.52. The van der Waals surface area contributed by atoms with E-state index in [1.54, 1.807) is 0 Å². The summed E-state index contributed by atoms with van der Waals surface area (Å²) < 4.78 is 0. The molecule has 1 aromatic carbocycles. The number of aromatic amines is 1. The lowest BCUT2D eigenvalue weighted by molar-refractivity contribution is 0.799. The van der Waals surface area contributed by atoms with Crippen LogP contribution in [0.25, 0.3) is 11.0 Å². The fraction of sp³-hybridized carbons (Fsp3) is 0.500. The molecule has 2 aromatic rings. The third-order valence-corrected chi connectivity index (χ3v) is 2.52. The van der Waals surface area contributed by atoms with Crippen molar-refractivity contribution >= 4 is 11.0 Å². The lowest BCUT2D eigenvalue weighted by Crippen LogP contribution is -1.88. The summed E-state index contributed by atoms with van der Waals surface area (Å²) in [6.45, 7) is 10.5. The van der Waals surface area contributed by atoms with Crippen molar-refractivity contribution in [3.05, 3.63) is 29.6 Å². The Morgan fingerprint density at radius 3 is 2.56 bits per heavy atom. The molecule has 1 N–H and O–H groups in total. The van der Waals surface area contributed by atoms with Gasteiger partial charge in [0, 0.05) is 7.34 Å². The van der Waals surface area contributed by atoms with E-state index in [0.29, 0.717) is 5.92 Å². The highest BCUT2D eigenvalue weighted by Gasteiger charge is 2.05. The molecule has 2 heteroatoms. The molecule has 0 radical (unpaired) electrons. The molecule has 0 aliphatic carbocycles. The summed E-state index contributed by atoms with van der Waals surface area (Å²) in [7, 11) is 0. The van der Waals surface area contributed by atoms with Gasteiger partial charge < -0.3 is 4.98 Å². The van der Waals surface area contributed by atoms with Gasteiger partial charge in [0.1, 0.15) is 5.82 Å². The first-order chi connectivity index (χ1) is 7.70. The summed E-state index contributed by atoms with van der Waals surface area (Å²) in [4.78, 5) is 7.89. The number of fused-ring (bicyclic) bond motifs is 1. The van der Waals surface area contributed by atoms with Gasteiger partial charge >= 0.3 is 0 Å². The normalized spacial score (nSPS) is 10.4. The maximum absolute atomic E-state index is 4.53. The van der Waals surface area contributed by atoms with Gasteiger partial charge in [0.2, 0.25) is 0 Å². The minimum absolute atomic E-state index is 0. The lowest BCUT2D eigenvalue weighted by atomic mass is 10.1. The van der Waals surface area contributed by atoms with Crippen LogP contribution >= 0.6 is 0 Å². The average molecular weight is 220 g/mol. The van der Waals surface area contributed by atoms with Crippen LogP contribution in [0.1, 0.15) is 53.4 Å². The zero-order valence-corrected chi connectivity index (χ0v) is 11.0. The number of nitrogens with zero attached hydrogens (tertiary/aromatic N) is 1. The average Bonchev–Trinajstić information content (AvgIpc) is 2.74. The van der Waals surface area contributed by atoms with Gasteiger partial charge in [-0.15, -0.1) is 0 Å². The highest BCUT2D eigenvalue weighted by atomic mass is 14.9. The molecule has 0 atom stereocenters. The van der Waals surface area contributed by atoms with Crippen LogP contribution in [-0.4, -0.2) is 9.97 Å². The first kappa shape index (κ1) is 12.8. The standard InChI is InChI=1S/C12H16N2.C2H6.H2/c1-4-9-5-6-10-11(7-9)14-12(13-10)8(2)3;1-2;/h5-8H,4H2,1-3H3,(H,13,14);1-2H3;1H. The molecule has 90 valence electrons. The van der Waals surface area contributed by atoms with Crippen LogP contribution in [0.15, 0.2) is 18.2 Å². The Kier molecular flexibility index (Phi) is 4.53. The number of hydrogen-bond donors (Lipinski definition) is 1. The predicted molar refractivity (Wildman–Crippen MR) is 73.0 cm³/mol. The Morgan fingerprint density at radius 1 is 1.31 bits per heavy atom. The summed E-state index contributed by atoms with van der Waals surface area (Å²) >= 11 is 0. The Balaban J connectivity index is 0.000000811. The first-order valence-electron chi connectivity index (χ1n) is 6.19. The molecule has 0 saturated heterocycles. The number of H-pyrrole nitrogens is 1. The van der Waals surface area contributed by atoms with E-state index in [9.17, 15) is 0 Å². The fourth-order valence-electron chi connectivity index (χ4n) is 1.57.